The van der Waals surface area contributed by atoms with Crippen molar-refractivity contribution >= 4 is 17.2 Å². The first-order valence-electron chi connectivity index (χ1n) is 9.41. The second kappa shape index (κ2) is 9.76. The van der Waals surface area contributed by atoms with Crippen LogP contribution in [0.25, 0.3) is 5.57 Å². The van der Waals surface area contributed by atoms with Crippen LogP contribution >= 0.6 is 0 Å². The van der Waals surface area contributed by atoms with Crippen molar-refractivity contribution in [3.8, 4) is 0 Å². The van der Waals surface area contributed by atoms with Crippen molar-refractivity contribution < 1.29 is 9.18 Å². The number of amides is 1. The van der Waals surface area contributed by atoms with Gasteiger partial charge in [-0.3, -0.25) is 15.1 Å². The summed E-state index contributed by atoms with van der Waals surface area (Å²) in [5.41, 5.74) is 4.70. The molecule has 0 fully saturated rings. The summed E-state index contributed by atoms with van der Waals surface area (Å²) in [6.07, 6.45) is 7.04. The number of carbonyl (C=O) groups excluding carboxylic acids is 1. The number of rotatable bonds is 7. The van der Waals surface area contributed by atoms with Gasteiger partial charge in [0.15, 0.2) is 0 Å². The molecule has 0 bridgehead atoms. The molecule has 0 radical (unpaired) electrons. The second-order valence-corrected chi connectivity index (χ2v) is 6.49. The lowest BCUT2D eigenvalue weighted by Crippen LogP contribution is -2.22. The fourth-order valence-electron chi connectivity index (χ4n) is 2.84. The Balaban J connectivity index is 1.56. The Kier molecular flexibility index (Phi) is 6.87. The van der Waals surface area contributed by atoms with E-state index in [1.807, 2.05) is 30.3 Å². The summed E-state index contributed by atoms with van der Waals surface area (Å²) >= 11 is 0. The van der Waals surface area contributed by atoms with Crippen LogP contribution in [0, 0.1) is 5.82 Å². The predicted octanol–water partition coefficient (Wildman–Crippen LogP) is 4.11. The number of allylic oxidation sites excluding steroid dienone is 4. The topological polar surface area (TPSA) is 53.5 Å². The van der Waals surface area contributed by atoms with E-state index in [4.69, 9.17) is 0 Å². The van der Waals surface area contributed by atoms with Crippen LogP contribution in [-0.2, 0) is 6.54 Å². The predicted molar refractivity (Wildman–Crippen MR) is 112 cm³/mol. The van der Waals surface area contributed by atoms with Gasteiger partial charge >= 0.3 is 0 Å². The standard InChI is InChI=1S/C23H24FN3O/c1-2-25-16-27-22-13-9-19(10-14-22)18-5-7-20(8-6-18)23(28)26-15-17-3-11-21(24)12-4-17/h3-13,25H,2,14-16H2,1H3,(H,26,28)/b27-22-. The van der Waals surface area contributed by atoms with Crippen LogP contribution in [-0.4, -0.2) is 24.8 Å². The summed E-state index contributed by atoms with van der Waals surface area (Å²) < 4.78 is 12.9. The van der Waals surface area contributed by atoms with E-state index in [2.05, 4.69) is 34.7 Å². The van der Waals surface area contributed by atoms with Crippen molar-refractivity contribution in [1.82, 2.24) is 10.6 Å². The minimum atomic E-state index is -0.284. The molecule has 0 heterocycles. The molecule has 1 amide bonds. The Morgan fingerprint density at radius 3 is 2.46 bits per heavy atom. The minimum absolute atomic E-state index is 0.151. The smallest absolute Gasteiger partial charge is 0.251 e. The maximum atomic E-state index is 12.9. The van der Waals surface area contributed by atoms with Crippen LogP contribution in [0.1, 0.15) is 34.8 Å². The molecule has 0 saturated carbocycles. The quantitative estimate of drug-likeness (QED) is 0.714. The molecule has 1 aliphatic carbocycles. The van der Waals surface area contributed by atoms with Crippen LogP contribution in [0.2, 0.25) is 0 Å². The monoisotopic (exact) mass is 377 g/mol. The third-order valence-corrected chi connectivity index (χ3v) is 4.48. The first-order chi connectivity index (χ1) is 13.7. The zero-order valence-corrected chi connectivity index (χ0v) is 15.9. The number of nitrogens with zero attached hydrogens (tertiary/aromatic N) is 1. The molecule has 2 aromatic rings. The van der Waals surface area contributed by atoms with Crippen molar-refractivity contribution in [2.75, 3.05) is 13.2 Å². The van der Waals surface area contributed by atoms with E-state index in [1.54, 1.807) is 12.1 Å². The summed E-state index contributed by atoms with van der Waals surface area (Å²) in [5, 5.41) is 6.03. The Hall–Kier alpha value is -3.05. The summed E-state index contributed by atoms with van der Waals surface area (Å²) in [6, 6.07) is 13.6. The van der Waals surface area contributed by atoms with E-state index >= 15 is 0 Å². The van der Waals surface area contributed by atoms with Gasteiger partial charge in [0, 0.05) is 24.2 Å². The second-order valence-electron chi connectivity index (χ2n) is 6.49. The summed E-state index contributed by atoms with van der Waals surface area (Å²) in [5.74, 6) is -0.436. The SMILES string of the molecule is CCNC/N=C1/C=CC(c2ccc(C(=O)NCc3ccc(F)cc3)cc2)=CC1. The van der Waals surface area contributed by atoms with E-state index in [9.17, 15) is 9.18 Å². The van der Waals surface area contributed by atoms with Crippen LogP contribution in [0.4, 0.5) is 4.39 Å². The number of benzene rings is 2. The van der Waals surface area contributed by atoms with Gasteiger partial charge in [-0.1, -0.05) is 43.3 Å². The van der Waals surface area contributed by atoms with Gasteiger partial charge in [-0.15, -0.1) is 0 Å². The fraction of sp³-hybridized carbons (Fsp3) is 0.217. The number of aliphatic imine (C=N–C) groups is 1. The lowest BCUT2D eigenvalue weighted by atomic mass is 9.97. The molecule has 2 N–H and O–H groups in total. The van der Waals surface area contributed by atoms with Gasteiger partial charge in [0.1, 0.15) is 5.82 Å². The number of hydrogen-bond acceptors (Lipinski definition) is 3. The zero-order valence-electron chi connectivity index (χ0n) is 15.9. The van der Waals surface area contributed by atoms with Gasteiger partial charge in [-0.2, -0.15) is 0 Å². The first kappa shape index (κ1) is 19.7. The van der Waals surface area contributed by atoms with E-state index in [0.29, 0.717) is 18.8 Å². The van der Waals surface area contributed by atoms with E-state index in [-0.39, 0.29) is 11.7 Å². The molecule has 0 aliphatic heterocycles. The molecule has 3 rings (SSSR count). The van der Waals surface area contributed by atoms with Crippen molar-refractivity contribution in [3.63, 3.8) is 0 Å². The van der Waals surface area contributed by atoms with Gasteiger partial charge in [-0.25, -0.2) is 4.39 Å². The van der Waals surface area contributed by atoms with Crippen molar-refractivity contribution in [2.24, 2.45) is 4.99 Å². The van der Waals surface area contributed by atoms with Crippen molar-refractivity contribution in [1.29, 1.82) is 0 Å². The number of nitrogens with one attached hydrogen (secondary N) is 2. The fourth-order valence-corrected chi connectivity index (χ4v) is 2.84. The largest absolute Gasteiger partial charge is 0.348 e. The third-order valence-electron chi connectivity index (χ3n) is 4.48. The minimum Gasteiger partial charge on any atom is -0.348 e. The van der Waals surface area contributed by atoms with Gasteiger partial charge in [0.25, 0.3) is 5.91 Å². The Morgan fingerprint density at radius 2 is 1.82 bits per heavy atom. The maximum absolute atomic E-state index is 12.9. The summed E-state index contributed by atoms with van der Waals surface area (Å²) in [7, 11) is 0. The molecule has 0 spiro atoms. The first-order valence-corrected chi connectivity index (χ1v) is 9.41. The molecular weight excluding hydrogens is 353 g/mol. The summed E-state index contributed by atoms with van der Waals surface area (Å²) in [4.78, 5) is 16.8. The third kappa shape index (κ3) is 5.47. The van der Waals surface area contributed by atoms with Crippen molar-refractivity contribution in [2.45, 2.75) is 19.9 Å². The zero-order chi connectivity index (χ0) is 19.8. The van der Waals surface area contributed by atoms with E-state index in [0.717, 1.165) is 35.4 Å². The molecule has 28 heavy (non-hydrogen) atoms. The molecule has 5 heteroatoms. The molecule has 1 aliphatic rings. The molecule has 0 atom stereocenters. The highest BCUT2D eigenvalue weighted by Crippen LogP contribution is 2.21. The molecule has 2 aromatic carbocycles. The van der Waals surface area contributed by atoms with E-state index < -0.39 is 0 Å². The lowest BCUT2D eigenvalue weighted by molar-refractivity contribution is 0.0951. The van der Waals surface area contributed by atoms with E-state index in [1.165, 1.54) is 12.1 Å². The lowest BCUT2D eigenvalue weighted by Gasteiger charge is -2.10. The Morgan fingerprint density at radius 1 is 1.07 bits per heavy atom. The molecule has 0 saturated heterocycles. The van der Waals surface area contributed by atoms with Crippen LogP contribution in [0.15, 0.2) is 71.8 Å². The molecule has 0 aromatic heterocycles. The molecule has 4 nitrogen and oxygen atoms in total. The van der Waals surface area contributed by atoms with Crippen LogP contribution in [0.5, 0.6) is 0 Å². The maximum Gasteiger partial charge on any atom is 0.251 e. The highest BCUT2D eigenvalue weighted by atomic mass is 19.1. The highest BCUT2D eigenvalue weighted by Gasteiger charge is 2.08. The highest BCUT2D eigenvalue weighted by molar-refractivity contribution is 6.02. The molecular formula is C23H24FN3O. The van der Waals surface area contributed by atoms with Crippen LogP contribution in [0.3, 0.4) is 0 Å². The normalized spacial score (nSPS) is 14.8. The Bertz CT molecular complexity index is 896. The van der Waals surface area contributed by atoms with Crippen LogP contribution < -0.4 is 10.6 Å². The molecule has 0 unspecified atom stereocenters. The Labute approximate surface area is 164 Å². The van der Waals surface area contributed by atoms with Gasteiger partial charge in [0.05, 0.1) is 6.67 Å². The van der Waals surface area contributed by atoms with Crippen molar-refractivity contribution in [3.05, 3.63) is 89.3 Å². The van der Waals surface area contributed by atoms with Gasteiger partial charge < -0.3 is 5.32 Å². The van der Waals surface area contributed by atoms with Gasteiger partial charge in [0.2, 0.25) is 0 Å². The number of carbonyl (C=O) groups is 1. The molecule has 144 valence electrons. The average molecular weight is 377 g/mol. The summed E-state index contributed by atoms with van der Waals surface area (Å²) in [6.45, 7) is 3.97. The average Bonchev–Trinajstić information content (AvgIpc) is 2.74. The number of halogens is 1. The van der Waals surface area contributed by atoms with Gasteiger partial charge in [-0.05, 0) is 53.6 Å². The number of hydrogen-bond donors (Lipinski definition) is 2.